The van der Waals surface area contributed by atoms with Gasteiger partial charge in [0, 0.05) is 48.6 Å². The average molecular weight is 484 g/mol. The third kappa shape index (κ3) is 9.73. The maximum atomic E-state index is 11.7. The van der Waals surface area contributed by atoms with Crippen LogP contribution in [0.4, 0.5) is 0 Å². The molecule has 0 spiro atoms. The summed E-state index contributed by atoms with van der Waals surface area (Å²) in [7, 11) is 3.49. The van der Waals surface area contributed by atoms with E-state index in [-0.39, 0.29) is 42.5 Å². The topological polar surface area (TPSA) is 56.7 Å². The molecule has 24 heavy (non-hydrogen) atoms. The molecule has 1 heterocycles. The summed E-state index contributed by atoms with van der Waals surface area (Å²) in [6.07, 6.45) is 3.02. The van der Waals surface area contributed by atoms with Gasteiger partial charge in [-0.05, 0) is 32.2 Å². The van der Waals surface area contributed by atoms with Crippen molar-refractivity contribution < 1.29 is 4.79 Å². The lowest BCUT2D eigenvalue weighted by atomic mass is 10.2. The molecule has 1 amide bonds. The van der Waals surface area contributed by atoms with Crippen LogP contribution < -0.4 is 10.6 Å². The van der Waals surface area contributed by atoms with Crippen LogP contribution in [0.2, 0.25) is 0 Å². The number of carbonyl (C=O) groups excluding carboxylic acids is 1. The van der Waals surface area contributed by atoms with Gasteiger partial charge in [0.2, 0.25) is 5.91 Å². The Hall–Kier alpha value is -0.480. The van der Waals surface area contributed by atoms with Crippen LogP contribution in [0.1, 0.15) is 16.7 Å². The lowest BCUT2D eigenvalue weighted by Gasteiger charge is -2.18. The molecule has 0 saturated heterocycles. The minimum absolute atomic E-state index is 0. The predicted molar refractivity (Wildman–Crippen MR) is 118 cm³/mol. The molecule has 0 bridgehead atoms. The lowest BCUT2D eigenvalue weighted by molar-refractivity contribution is -0.127. The third-order valence-electron chi connectivity index (χ3n) is 3.16. The third-order valence-corrected chi connectivity index (χ3v) is 4.79. The Morgan fingerprint density at radius 3 is 2.67 bits per heavy atom. The zero-order valence-electron chi connectivity index (χ0n) is 15.1. The molecule has 0 aliphatic rings. The van der Waals surface area contributed by atoms with Crippen molar-refractivity contribution in [3.63, 3.8) is 0 Å². The van der Waals surface area contributed by atoms with Crippen LogP contribution in [-0.2, 0) is 11.2 Å². The number of hydrogen-bond donors (Lipinski definition) is 2. The molecule has 0 radical (unpaired) electrons. The van der Waals surface area contributed by atoms with E-state index in [1.54, 1.807) is 30.8 Å². The first-order valence-electron chi connectivity index (χ1n) is 7.71. The van der Waals surface area contributed by atoms with E-state index in [0.29, 0.717) is 5.96 Å². The molecule has 8 heteroatoms. The van der Waals surface area contributed by atoms with Crippen molar-refractivity contribution >= 4 is 58.9 Å². The van der Waals surface area contributed by atoms with Gasteiger partial charge in [-0.1, -0.05) is 0 Å². The first kappa shape index (κ1) is 23.5. The summed E-state index contributed by atoms with van der Waals surface area (Å²) in [5.41, 5.74) is 0. The van der Waals surface area contributed by atoms with E-state index in [0.717, 1.165) is 18.7 Å². The minimum atomic E-state index is -0.00231. The zero-order chi connectivity index (χ0) is 17.2. The Labute approximate surface area is 171 Å². The highest BCUT2D eigenvalue weighted by atomic mass is 127. The van der Waals surface area contributed by atoms with Crippen molar-refractivity contribution in [2.45, 2.75) is 26.3 Å². The first-order chi connectivity index (χ1) is 10.9. The van der Waals surface area contributed by atoms with Crippen LogP contribution in [0.25, 0.3) is 0 Å². The second-order valence-corrected chi connectivity index (χ2v) is 7.99. The van der Waals surface area contributed by atoms with Gasteiger partial charge in [-0.3, -0.25) is 4.79 Å². The van der Waals surface area contributed by atoms with Gasteiger partial charge >= 0.3 is 0 Å². The number of hydrogen-bond acceptors (Lipinski definition) is 4. The van der Waals surface area contributed by atoms with E-state index in [4.69, 9.17) is 0 Å². The van der Waals surface area contributed by atoms with Crippen LogP contribution in [0.3, 0.4) is 0 Å². The molecular weight excluding hydrogens is 455 g/mol. The van der Waals surface area contributed by atoms with Gasteiger partial charge in [0.25, 0.3) is 0 Å². The number of nitrogens with one attached hydrogen (secondary N) is 2. The number of aliphatic imine (C=N–C) groups is 1. The standard InChI is InChI=1S/C16H28N4OS2.HI/c1-12(10-14-7-6-13(2)23-14)19-16(17-8-9-22-5)18-11-15(21)20(3)4;/h6-7,12H,8-11H2,1-5H3,(H2,17,18,19);1H. The number of guanidine groups is 1. The highest BCUT2D eigenvalue weighted by Gasteiger charge is 2.09. The van der Waals surface area contributed by atoms with Crippen molar-refractivity contribution in [1.29, 1.82) is 0 Å². The Morgan fingerprint density at radius 2 is 2.12 bits per heavy atom. The molecule has 0 aliphatic heterocycles. The number of halogens is 1. The fourth-order valence-electron chi connectivity index (χ4n) is 1.89. The fourth-order valence-corrected chi connectivity index (χ4v) is 3.22. The summed E-state index contributed by atoms with van der Waals surface area (Å²) in [6.45, 7) is 5.24. The van der Waals surface area contributed by atoms with E-state index in [1.807, 2.05) is 11.3 Å². The van der Waals surface area contributed by atoms with Crippen molar-refractivity contribution in [1.82, 2.24) is 15.5 Å². The summed E-state index contributed by atoms with van der Waals surface area (Å²) < 4.78 is 0. The SMILES string of the molecule is CSCCNC(=NCC(=O)N(C)C)NC(C)Cc1ccc(C)s1.I. The number of rotatable bonds is 8. The molecule has 0 saturated carbocycles. The second kappa shape index (κ2) is 12.8. The molecule has 1 aromatic heterocycles. The number of amides is 1. The van der Waals surface area contributed by atoms with E-state index in [1.165, 1.54) is 9.75 Å². The average Bonchev–Trinajstić information content (AvgIpc) is 2.89. The van der Waals surface area contributed by atoms with Crippen molar-refractivity contribution in [2.24, 2.45) is 4.99 Å². The van der Waals surface area contributed by atoms with E-state index in [2.05, 4.69) is 47.9 Å². The summed E-state index contributed by atoms with van der Waals surface area (Å²) in [5, 5.41) is 6.68. The molecule has 5 nitrogen and oxygen atoms in total. The van der Waals surface area contributed by atoms with E-state index >= 15 is 0 Å². The molecular formula is C16H29IN4OS2. The van der Waals surface area contributed by atoms with Gasteiger partial charge in [-0.25, -0.2) is 4.99 Å². The Bertz CT molecular complexity index is 520. The van der Waals surface area contributed by atoms with Gasteiger partial charge in [0.15, 0.2) is 5.96 Å². The Balaban J connectivity index is 0.00000529. The van der Waals surface area contributed by atoms with Crippen LogP contribution in [-0.4, -0.2) is 62.0 Å². The number of carbonyl (C=O) groups is 1. The van der Waals surface area contributed by atoms with Crippen LogP contribution in [0.5, 0.6) is 0 Å². The normalized spacial score (nSPS) is 12.3. The molecule has 1 unspecified atom stereocenters. The number of likely N-dealkylation sites (N-methyl/N-ethyl adjacent to an activating group) is 1. The largest absolute Gasteiger partial charge is 0.356 e. The smallest absolute Gasteiger partial charge is 0.243 e. The van der Waals surface area contributed by atoms with Crippen LogP contribution in [0.15, 0.2) is 17.1 Å². The second-order valence-electron chi connectivity index (χ2n) is 5.63. The van der Waals surface area contributed by atoms with Gasteiger partial charge < -0.3 is 15.5 Å². The van der Waals surface area contributed by atoms with Crippen molar-refractivity contribution in [3.05, 3.63) is 21.9 Å². The van der Waals surface area contributed by atoms with Gasteiger partial charge in [0.05, 0.1) is 0 Å². The molecule has 2 N–H and O–H groups in total. The van der Waals surface area contributed by atoms with Crippen molar-refractivity contribution in [3.8, 4) is 0 Å². The molecule has 138 valence electrons. The quantitative estimate of drug-likeness (QED) is 0.258. The summed E-state index contributed by atoms with van der Waals surface area (Å²) in [5.74, 6) is 1.70. The fraction of sp³-hybridized carbons (Fsp3) is 0.625. The zero-order valence-corrected chi connectivity index (χ0v) is 19.1. The Morgan fingerprint density at radius 1 is 1.42 bits per heavy atom. The number of thiophene rings is 1. The molecule has 0 aliphatic carbocycles. The van der Waals surface area contributed by atoms with Crippen molar-refractivity contribution in [2.75, 3.05) is 39.2 Å². The van der Waals surface area contributed by atoms with Gasteiger partial charge in [0.1, 0.15) is 6.54 Å². The maximum Gasteiger partial charge on any atom is 0.243 e. The summed E-state index contributed by atoms with van der Waals surface area (Å²) in [4.78, 5) is 20.4. The maximum absolute atomic E-state index is 11.7. The molecule has 1 aromatic rings. The number of thioether (sulfide) groups is 1. The molecule has 1 rings (SSSR count). The monoisotopic (exact) mass is 484 g/mol. The Kier molecular flexibility index (Phi) is 12.6. The molecule has 0 fully saturated rings. The van der Waals surface area contributed by atoms with E-state index < -0.39 is 0 Å². The van der Waals surface area contributed by atoms with Gasteiger partial charge in [-0.15, -0.1) is 35.3 Å². The van der Waals surface area contributed by atoms with Gasteiger partial charge in [-0.2, -0.15) is 11.8 Å². The summed E-state index contributed by atoms with van der Waals surface area (Å²) in [6, 6.07) is 4.57. The lowest BCUT2D eigenvalue weighted by Crippen LogP contribution is -2.44. The molecule has 1 atom stereocenters. The first-order valence-corrected chi connectivity index (χ1v) is 9.92. The molecule has 0 aromatic carbocycles. The number of nitrogens with zero attached hydrogens (tertiary/aromatic N) is 2. The van der Waals surface area contributed by atoms with Crippen LogP contribution >= 0.6 is 47.1 Å². The van der Waals surface area contributed by atoms with Crippen LogP contribution in [0, 0.1) is 6.92 Å². The summed E-state index contributed by atoms with van der Waals surface area (Å²) >= 11 is 3.60. The highest BCUT2D eigenvalue weighted by molar-refractivity contribution is 14.0. The van der Waals surface area contributed by atoms with E-state index in [9.17, 15) is 4.79 Å². The minimum Gasteiger partial charge on any atom is -0.356 e. The predicted octanol–water partition coefficient (Wildman–Crippen LogP) is 2.59. The highest BCUT2D eigenvalue weighted by Crippen LogP contribution is 2.16. The number of aryl methyl sites for hydroxylation is 1.